The molecule has 2 saturated heterocycles. The van der Waals surface area contributed by atoms with Crippen molar-refractivity contribution in [3.05, 3.63) is 65.2 Å². The average Bonchev–Trinajstić information content (AvgIpc) is 3.48. The van der Waals surface area contributed by atoms with Crippen LogP contribution in [0.15, 0.2) is 48.5 Å². The van der Waals surface area contributed by atoms with Gasteiger partial charge in [0.1, 0.15) is 11.6 Å². The Morgan fingerprint density at radius 3 is 2.24 bits per heavy atom. The highest BCUT2D eigenvalue weighted by atomic mass is 19.4. The number of hydrogen-bond donors (Lipinski definition) is 1. The molecule has 8 nitrogen and oxygen atoms in total. The molecule has 3 amide bonds. The predicted molar refractivity (Wildman–Crippen MR) is 147 cm³/mol. The molecule has 0 saturated carbocycles. The fraction of sp³-hybridized carbons (Fsp3) is 0.467. The van der Waals surface area contributed by atoms with E-state index in [4.69, 9.17) is 0 Å². The van der Waals surface area contributed by atoms with Crippen LogP contribution >= 0.6 is 0 Å². The number of fused-ring (bicyclic) bond motifs is 1. The Kier molecular flexibility index (Phi) is 8.20. The van der Waals surface area contributed by atoms with Gasteiger partial charge in [-0.1, -0.05) is 26.0 Å². The maximum Gasteiger partial charge on any atom is 0.417 e. The van der Waals surface area contributed by atoms with E-state index in [9.17, 15) is 32.3 Å². The molecule has 0 aromatic heterocycles. The number of hydrogen-bond acceptors (Lipinski definition) is 5. The third-order valence-corrected chi connectivity index (χ3v) is 7.73. The van der Waals surface area contributed by atoms with Crippen molar-refractivity contribution in [3.8, 4) is 0 Å². The minimum atomic E-state index is -4.74. The topological polar surface area (TPSA) is 90.0 Å². The largest absolute Gasteiger partial charge is 0.417 e. The summed E-state index contributed by atoms with van der Waals surface area (Å²) in [7, 11) is 3.76. The third kappa shape index (κ3) is 5.94. The number of anilines is 1. The summed E-state index contributed by atoms with van der Waals surface area (Å²) in [6, 6.07) is 9.65. The highest BCUT2D eigenvalue weighted by Crippen LogP contribution is 2.37. The van der Waals surface area contributed by atoms with Gasteiger partial charge in [-0.3, -0.25) is 19.2 Å². The van der Waals surface area contributed by atoms with E-state index in [0.717, 1.165) is 22.7 Å². The Labute approximate surface area is 237 Å². The van der Waals surface area contributed by atoms with Crippen molar-refractivity contribution in [3.63, 3.8) is 0 Å². The molecule has 3 atom stereocenters. The molecule has 2 aromatic rings. The van der Waals surface area contributed by atoms with E-state index in [1.165, 1.54) is 17.0 Å². The second kappa shape index (κ2) is 11.2. The first-order chi connectivity index (χ1) is 19.1. The highest BCUT2D eigenvalue weighted by Gasteiger charge is 2.54. The van der Waals surface area contributed by atoms with Crippen LogP contribution in [0, 0.1) is 5.92 Å². The summed E-state index contributed by atoms with van der Waals surface area (Å²) < 4.78 is 40.8. The van der Waals surface area contributed by atoms with E-state index in [-0.39, 0.29) is 25.3 Å². The molecule has 0 spiro atoms. The second-order valence-electron chi connectivity index (χ2n) is 11.6. The standard InChI is InChI=1S/C30H35F3N4O4/c1-18(2)16-29(3,34-26(39)19-10-12-20(13-11-19)35(4)5)28(41)36-15-14-23-25(36)24(38)17-37(23)27(40)21-8-6-7-9-22(21)30(31,32)33/h6-13,18,23,25H,14-17H2,1-5H3,(H,34,39)/t23-,25+,29?/m1/s1. The van der Waals surface area contributed by atoms with E-state index in [1.807, 2.05) is 32.8 Å². The molecule has 2 aliphatic heterocycles. The molecule has 1 N–H and O–H groups in total. The smallest absolute Gasteiger partial charge is 0.378 e. The monoisotopic (exact) mass is 572 g/mol. The van der Waals surface area contributed by atoms with Gasteiger partial charge < -0.3 is 20.0 Å². The van der Waals surface area contributed by atoms with Crippen molar-refractivity contribution in [2.24, 2.45) is 5.92 Å². The van der Waals surface area contributed by atoms with Gasteiger partial charge in [-0.2, -0.15) is 13.2 Å². The number of ketones is 1. The number of halogens is 3. The first kappa shape index (κ1) is 30.1. The molecular weight excluding hydrogens is 537 g/mol. The molecule has 0 aliphatic carbocycles. The number of amides is 3. The van der Waals surface area contributed by atoms with Gasteiger partial charge >= 0.3 is 6.18 Å². The fourth-order valence-electron chi connectivity index (χ4n) is 5.95. The zero-order valence-electron chi connectivity index (χ0n) is 23.8. The lowest BCUT2D eigenvalue weighted by atomic mass is 9.88. The van der Waals surface area contributed by atoms with Crippen LogP contribution in [0.2, 0.25) is 0 Å². The number of nitrogens with one attached hydrogen (secondary N) is 1. The van der Waals surface area contributed by atoms with Crippen LogP contribution in [0.25, 0.3) is 0 Å². The normalized spacial score (nSPS) is 20.2. The molecule has 0 radical (unpaired) electrons. The van der Waals surface area contributed by atoms with Crippen molar-refractivity contribution >= 4 is 29.2 Å². The molecule has 2 heterocycles. The quantitative estimate of drug-likeness (QED) is 0.542. The van der Waals surface area contributed by atoms with E-state index in [1.54, 1.807) is 31.2 Å². The molecule has 2 aromatic carbocycles. The second-order valence-corrected chi connectivity index (χ2v) is 11.6. The van der Waals surface area contributed by atoms with Crippen LogP contribution in [0.4, 0.5) is 18.9 Å². The maximum absolute atomic E-state index is 14.0. The number of alkyl halides is 3. The van der Waals surface area contributed by atoms with E-state index in [2.05, 4.69) is 5.32 Å². The Bertz CT molecular complexity index is 1340. The molecule has 220 valence electrons. The van der Waals surface area contributed by atoms with Gasteiger partial charge in [0.2, 0.25) is 5.91 Å². The summed E-state index contributed by atoms with van der Waals surface area (Å²) in [6.45, 7) is 5.18. The number of nitrogens with zero attached hydrogens (tertiary/aromatic N) is 3. The van der Waals surface area contributed by atoms with Crippen molar-refractivity contribution in [1.29, 1.82) is 0 Å². The van der Waals surface area contributed by atoms with Crippen LogP contribution in [0.1, 0.15) is 59.9 Å². The third-order valence-electron chi connectivity index (χ3n) is 7.73. The van der Waals surface area contributed by atoms with E-state index < -0.39 is 65.0 Å². The van der Waals surface area contributed by atoms with Gasteiger partial charge in [0, 0.05) is 31.9 Å². The van der Waals surface area contributed by atoms with Gasteiger partial charge in [-0.25, -0.2) is 0 Å². The van der Waals surface area contributed by atoms with Crippen LogP contribution in [-0.4, -0.2) is 78.1 Å². The van der Waals surface area contributed by atoms with Gasteiger partial charge in [-0.15, -0.1) is 0 Å². The van der Waals surface area contributed by atoms with E-state index in [0.29, 0.717) is 5.56 Å². The summed E-state index contributed by atoms with van der Waals surface area (Å²) in [5.41, 5.74) is -1.69. The van der Waals surface area contributed by atoms with Crippen LogP contribution in [0.5, 0.6) is 0 Å². The van der Waals surface area contributed by atoms with Crippen molar-refractivity contribution in [2.75, 3.05) is 32.1 Å². The summed E-state index contributed by atoms with van der Waals surface area (Å²) in [5.74, 6) is -2.21. The molecule has 2 aliphatic rings. The maximum atomic E-state index is 14.0. The Morgan fingerprint density at radius 1 is 1.02 bits per heavy atom. The highest BCUT2D eigenvalue weighted by molar-refractivity contribution is 6.05. The van der Waals surface area contributed by atoms with Crippen molar-refractivity contribution in [1.82, 2.24) is 15.1 Å². The zero-order valence-corrected chi connectivity index (χ0v) is 23.8. The number of rotatable bonds is 7. The number of benzene rings is 2. The van der Waals surface area contributed by atoms with Crippen molar-refractivity contribution < 1.29 is 32.3 Å². The molecule has 2 fully saturated rings. The minimum absolute atomic E-state index is 0.00925. The number of Topliss-reactive ketones (excluding diaryl/α,β-unsaturated/α-hetero) is 1. The predicted octanol–water partition coefficient (Wildman–Crippen LogP) is 4.00. The van der Waals surface area contributed by atoms with E-state index >= 15 is 0 Å². The summed E-state index contributed by atoms with van der Waals surface area (Å²) in [6.07, 6.45) is -4.21. The number of likely N-dealkylation sites (tertiary alicyclic amines) is 2. The lowest BCUT2D eigenvalue weighted by Gasteiger charge is -2.36. The molecule has 4 rings (SSSR count). The first-order valence-electron chi connectivity index (χ1n) is 13.5. The van der Waals surface area contributed by atoms with Crippen molar-refractivity contribution in [2.45, 2.75) is 57.4 Å². The molecular formula is C30H35F3N4O4. The van der Waals surface area contributed by atoms with Gasteiger partial charge in [0.15, 0.2) is 5.78 Å². The minimum Gasteiger partial charge on any atom is -0.378 e. The number of carbonyl (C=O) groups excluding carboxylic acids is 4. The number of carbonyl (C=O) groups is 4. The lowest BCUT2D eigenvalue weighted by Crippen LogP contribution is -2.60. The van der Waals surface area contributed by atoms with Crippen LogP contribution < -0.4 is 10.2 Å². The molecule has 41 heavy (non-hydrogen) atoms. The van der Waals surface area contributed by atoms with Gasteiger partial charge in [0.05, 0.1) is 23.7 Å². The molecule has 0 bridgehead atoms. The molecule has 11 heteroatoms. The summed E-state index contributed by atoms with van der Waals surface area (Å²) in [5, 5.41) is 2.88. The Morgan fingerprint density at radius 2 is 1.66 bits per heavy atom. The first-order valence-corrected chi connectivity index (χ1v) is 13.5. The average molecular weight is 573 g/mol. The van der Waals surface area contributed by atoms with Crippen LogP contribution in [0.3, 0.4) is 0 Å². The molecule has 1 unspecified atom stereocenters. The zero-order chi connectivity index (χ0) is 30.3. The SMILES string of the molecule is CC(C)CC(C)(NC(=O)c1ccc(N(C)C)cc1)C(=O)N1CC[C@@H]2[C@H]1C(=O)CN2C(=O)c1ccccc1C(F)(F)F. The Hall–Kier alpha value is -3.89. The lowest BCUT2D eigenvalue weighted by molar-refractivity contribution is -0.142. The van der Waals surface area contributed by atoms with Gasteiger partial charge in [0.25, 0.3) is 11.8 Å². The van der Waals surface area contributed by atoms with Crippen LogP contribution in [-0.2, 0) is 15.8 Å². The summed E-state index contributed by atoms with van der Waals surface area (Å²) in [4.78, 5) is 58.2. The fourth-order valence-corrected chi connectivity index (χ4v) is 5.95. The Balaban J connectivity index is 1.57. The summed E-state index contributed by atoms with van der Waals surface area (Å²) >= 11 is 0. The van der Waals surface area contributed by atoms with Gasteiger partial charge in [-0.05, 0) is 62.1 Å².